The second kappa shape index (κ2) is 10.7. The molecule has 1 aliphatic carbocycles. The van der Waals surface area contributed by atoms with Gasteiger partial charge in [0.1, 0.15) is 0 Å². The average Bonchev–Trinajstić information content (AvgIpc) is 2.56. The minimum absolute atomic E-state index is 0.911. The van der Waals surface area contributed by atoms with Gasteiger partial charge < -0.3 is 10.6 Å². The van der Waals surface area contributed by atoms with Gasteiger partial charge in [0.25, 0.3) is 0 Å². The summed E-state index contributed by atoms with van der Waals surface area (Å²) in [5, 5.41) is 6.87. The lowest BCUT2D eigenvalue weighted by molar-refractivity contribution is 0.675. The number of nitrogens with one attached hydrogen (secondary N) is 2. The second-order valence-corrected chi connectivity index (χ2v) is 6.47. The lowest BCUT2D eigenvalue weighted by Gasteiger charge is -2.19. The molecule has 1 rings (SSSR count). The van der Waals surface area contributed by atoms with E-state index in [0.717, 1.165) is 56.6 Å². The molecule has 0 bridgehead atoms. The van der Waals surface area contributed by atoms with Crippen LogP contribution in [-0.4, -0.2) is 13.1 Å². The molecule has 0 atom stereocenters. The summed E-state index contributed by atoms with van der Waals surface area (Å²) in [5.74, 6) is 0. The van der Waals surface area contributed by atoms with E-state index in [0.29, 0.717) is 0 Å². The van der Waals surface area contributed by atoms with Crippen molar-refractivity contribution in [1.29, 1.82) is 0 Å². The smallest absolute Gasteiger partial charge is 0.0299 e. The van der Waals surface area contributed by atoms with Gasteiger partial charge in [-0.25, -0.2) is 0 Å². The third-order valence-electron chi connectivity index (χ3n) is 4.48. The quantitative estimate of drug-likeness (QED) is 0.384. The molecule has 24 heavy (non-hydrogen) atoms. The Labute approximate surface area is 148 Å². The van der Waals surface area contributed by atoms with Crippen molar-refractivity contribution in [2.45, 2.75) is 52.9 Å². The highest BCUT2D eigenvalue weighted by molar-refractivity contribution is 5.39. The van der Waals surface area contributed by atoms with Crippen LogP contribution < -0.4 is 10.6 Å². The fourth-order valence-corrected chi connectivity index (χ4v) is 2.75. The molecule has 0 saturated heterocycles. The molecule has 2 nitrogen and oxygen atoms in total. The molecule has 0 amide bonds. The Kier molecular flexibility index (Phi) is 8.99. The maximum absolute atomic E-state index is 4.19. The van der Waals surface area contributed by atoms with Gasteiger partial charge >= 0.3 is 0 Å². The summed E-state index contributed by atoms with van der Waals surface area (Å²) in [6, 6.07) is 0. The zero-order valence-corrected chi connectivity index (χ0v) is 15.8. The van der Waals surface area contributed by atoms with Crippen LogP contribution >= 0.6 is 0 Å². The van der Waals surface area contributed by atoms with Crippen LogP contribution in [0.15, 0.2) is 71.7 Å². The summed E-state index contributed by atoms with van der Waals surface area (Å²) < 4.78 is 0. The van der Waals surface area contributed by atoms with E-state index in [1.165, 1.54) is 22.3 Å². The highest BCUT2D eigenvalue weighted by Crippen LogP contribution is 2.26. The molecular formula is C22H34N2. The van der Waals surface area contributed by atoms with Gasteiger partial charge in [-0.2, -0.15) is 0 Å². The van der Waals surface area contributed by atoms with Crippen molar-refractivity contribution >= 4 is 0 Å². The first-order valence-electron chi connectivity index (χ1n) is 9.04. The molecule has 2 heteroatoms. The molecule has 0 fully saturated rings. The van der Waals surface area contributed by atoms with Crippen LogP contribution in [0.4, 0.5) is 0 Å². The fraction of sp³-hybridized carbons (Fsp3) is 0.455. The highest BCUT2D eigenvalue weighted by atomic mass is 14.9. The maximum Gasteiger partial charge on any atom is 0.0299 e. The van der Waals surface area contributed by atoms with E-state index in [1.54, 1.807) is 0 Å². The largest absolute Gasteiger partial charge is 0.385 e. The van der Waals surface area contributed by atoms with Crippen LogP contribution in [0.3, 0.4) is 0 Å². The van der Waals surface area contributed by atoms with Crippen molar-refractivity contribution in [2.75, 3.05) is 13.1 Å². The van der Waals surface area contributed by atoms with Gasteiger partial charge in [-0.1, -0.05) is 62.5 Å². The molecule has 0 spiro atoms. The zero-order chi connectivity index (χ0) is 17.9. The highest BCUT2D eigenvalue weighted by Gasteiger charge is 2.09. The Morgan fingerprint density at radius 2 is 1.88 bits per heavy atom. The van der Waals surface area contributed by atoms with E-state index >= 15 is 0 Å². The molecule has 1 aliphatic rings. The van der Waals surface area contributed by atoms with Crippen LogP contribution in [0, 0.1) is 0 Å². The minimum atomic E-state index is 0.911. The molecule has 0 unspecified atom stereocenters. The van der Waals surface area contributed by atoms with E-state index in [-0.39, 0.29) is 0 Å². The zero-order valence-electron chi connectivity index (χ0n) is 15.8. The first kappa shape index (κ1) is 20.1. The molecule has 0 aromatic carbocycles. The van der Waals surface area contributed by atoms with Crippen molar-refractivity contribution in [3.8, 4) is 0 Å². The molecular weight excluding hydrogens is 292 g/mol. The minimum Gasteiger partial charge on any atom is -0.385 e. The average molecular weight is 327 g/mol. The molecule has 2 N–H and O–H groups in total. The van der Waals surface area contributed by atoms with Gasteiger partial charge in [0.2, 0.25) is 0 Å². The van der Waals surface area contributed by atoms with Crippen LogP contribution in [0.5, 0.6) is 0 Å². The predicted octanol–water partition coefficient (Wildman–Crippen LogP) is 5.55. The summed E-state index contributed by atoms with van der Waals surface area (Å²) in [6.45, 7) is 20.5. The van der Waals surface area contributed by atoms with Crippen molar-refractivity contribution in [2.24, 2.45) is 0 Å². The Bertz CT molecular complexity index is 559. The van der Waals surface area contributed by atoms with E-state index in [9.17, 15) is 0 Å². The van der Waals surface area contributed by atoms with Gasteiger partial charge in [0.15, 0.2) is 0 Å². The van der Waals surface area contributed by atoms with Gasteiger partial charge in [-0.15, -0.1) is 0 Å². The van der Waals surface area contributed by atoms with Crippen molar-refractivity contribution in [1.82, 2.24) is 10.6 Å². The monoisotopic (exact) mass is 326 g/mol. The fourth-order valence-electron chi connectivity index (χ4n) is 2.75. The summed E-state index contributed by atoms with van der Waals surface area (Å²) in [7, 11) is 0. The Balaban J connectivity index is 2.30. The van der Waals surface area contributed by atoms with Crippen LogP contribution in [0.1, 0.15) is 52.9 Å². The second-order valence-electron chi connectivity index (χ2n) is 6.47. The molecule has 0 radical (unpaired) electrons. The van der Waals surface area contributed by atoms with Crippen LogP contribution in [-0.2, 0) is 0 Å². The number of allylic oxidation sites excluding steroid dienone is 7. The first-order valence-corrected chi connectivity index (χ1v) is 9.04. The van der Waals surface area contributed by atoms with E-state index in [2.05, 4.69) is 57.2 Å². The molecule has 132 valence electrons. The lowest BCUT2D eigenvalue weighted by atomic mass is 9.93. The molecule has 0 heterocycles. The maximum atomic E-state index is 4.19. The third kappa shape index (κ3) is 6.66. The normalized spacial score (nSPS) is 15.0. The van der Waals surface area contributed by atoms with E-state index in [1.807, 2.05) is 12.2 Å². The molecule has 0 aliphatic heterocycles. The van der Waals surface area contributed by atoms with Gasteiger partial charge in [0.05, 0.1) is 0 Å². The first-order chi connectivity index (χ1) is 11.5. The van der Waals surface area contributed by atoms with Crippen molar-refractivity contribution in [3.05, 3.63) is 71.7 Å². The van der Waals surface area contributed by atoms with Gasteiger partial charge in [-0.3, -0.25) is 0 Å². The van der Waals surface area contributed by atoms with Crippen LogP contribution in [0.2, 0.25) is 0 Å². The number of rotatable bonds is 11. The molecule has 0 aromatic rings. The number of hydrogen-bond acceptors (Lipinski definition) is 2. The standard InChI is InChI=1S/C22H34N2/c1-7-10-21(11-8-2)19(5)23-14-9-15-24-20(6)22-13-12-17(3)18(4)16-22/h7,10,16,23-24H,1,5-6,8-9,11-15H2,2-4H3/b21-10+. The predicted molar refractivity (Wildman–Crippen MR) is 108 cm³/mol. The van der Waals surface area contributed by atoms with E-state index < -0.39 is 0 Å². The van der Waals surface area contributed by atoms with Gasteiger partial charge in [0, 0.05) is 24.5 Å². The van der Waals surface area contributed by atoms with Crippen molar-refractivity contribution in [3.63, 3.8) is 0 Å². The lowest BCUT2D eigenvalue weighted by Crippen LogP contribution is -2.22. The Hall–Kier alpha value is -1.96. The summed E-state index contributed by atoms with van der Waals surface area (Å²) >= 11 is 0. The molecule has 0 saturated carbocycles. The topological polar surface area (TPSA) is 24.1 Å². The third-order valence-corrected chi connectivity index (χ3v) is 4.48. The van der Waals surface area contributed by atoms with E-state index in [4.69, 9.17) is 0 Å². The summed E-state index contributed by atoms with van der Waals surface area (Å²) in [5.41, 5.74) is 7.55. The number of hydrogen-bond donors (Lipinski definition) is 2. The Morgan fingerprint density at radius 1 is 1.17 bits per heavy atom. The SMILES string of the molecule is C=C/C=C(\CCC)C(=C)NCCCNC(=C)C1=CC(C)=C(C)CC1. The summed E-state index contributed by atoms with van der Waals surface area (Å²) in [6.07, 6.45) is 11.6. The van der Waals surface area contributed by atoms with Crippen molar-refractivity contribution < 1.29 is 0 Å². The van der Waals surface area contributed by atoms with Crippen LogP contribution in [0.25, 0.3) is 0 Å². The Morgan fingerprint density at radius 3 is 2.50 bits per heavy atom. The van der Waals surface area contributed by atoms with Gasteiger partial charge in [-0.05, 0) is 50.7 Å². The molecule has 0 aromatic heterocycles. The summed E-state index contributed by atoms with van der Waals surface area (Å²) in [4.78, 5) is 0.